The van der Waals surface area contributed by atoms with E-state index in [9.17, 15) is 4.79 Å². The predicted molar refractivity (Wildman–Crippen MR) is 45.2 cm³/mol. The topological polar surface area (TPSA) is 56.0 Å². The molecule has 1 aromatic rings. The van der Waals surface area contributed by atoms with E-state index in [1.807, 2.05) is 0 Å². The maximum Gasteiger partial charge on any atom is 0.203 e. The lowest BCUT2D eigenvalue weighted by molar-refractivity contribution is 1.26. The highest BCUT2D eigenvalue weighted by atomic mass is 16.1. The molecule has 0 aliphatic heterocycles. The molecular formula is C8H8N2O. The predicted octanol–water partition coefficient (Wildman–Crippen LogP) is -1.16. The largest absolute Gasteiger partial charge is 0.383 e. The van der Waals surface area contributed by atoms with Crippen molar-refractivity contribution < 1.29 is 0 Å². The van der Waals surface area contributed by atoms with E-state index in [-0.39, 0.29) is 16.6 Å². The second-order valence-electron chi connectivity index (χ2n) is 2.17. The summed E-state index contributed by atoms with van der Waals surface area (Å²) in [6.45, 7) is 7.02. The smallest absolute Gasteiger partial charge is 0.203 e. The van der Waals surface area contributed by atoms with Crippen LogP contribution in [-0.2, 0) is 0 Å². The quantitative estimate of drug-likeness (QED) is 0.505. The lowest BCUT2D eigenvalue weighted by Crippen LogP contribution is -2.22. The van der Waals surface area contributed by atoms with Gasteiger partial charge in [0.15, 0.2) is 0 Å². The SMILES string of the molecule is C=c1ccc(=O)c(=C)nc1N. The number of hydrogen-bond donors (Lipinski definition) is 1. The Morgan fingerprint density at radius 3 is 2.64 bits per heavy atom. The molecule has 3 nitrogen and oxygen atoms in total. The molecule has 2 N–H and O–H groups in total. The molecule has 0 unspecified atom stereocenters. The van der Waals surface area contributed by atoms with E-state index in [0.717, 1.165) is 0 Å². The summed E-state index contributed by atoms with van der Waals surface area (Å²) in [5.74, 6) is 0.247. The minimum Gasteiger partial charge on any atom is -0.383 e. The molecule has 0 saturated heterocycles. The summed E-state index contributed by atoms with van der Waals surface area (Å²) in [4.78, 5) is 14.6. The highest BCUT2D eigenvalue weighted by Gasteiger charge is 1.87. The third kappa shape index (κ3) is 1.43. The first-order valence-electron chi connectivity index (χ1n) is 3.06. The molecular weight excluding hydrogens is 140 g/mol. The standard InChI is InChI=1S/C8H8N2O/c1-5-3-4-7(11)6(2)10-8(5)9/h3-4H,1-2H2,(H2,9,10). The van der Waals surface area contributed by atoms with Crippen molar-refractivity contribution in [2.75, 3.05) is 5.73 Å². The Kier molecular flexibility index (Phi) is 1.72. The van der Waals surface area contributed by atoms with Crippen LogP contribution in [0.15, 0.2) is 16.9 Å². The normalized spacial score (nSPS) is 9.45. The van der Waals surface area contributed by atoms with Gasteiger partial charge in [0.1, 0.15) is 11.2 Å². The fourth-order valence-corrected chi connectivity index (χ4v) is 0.630. The summed E-state index contributed by atoms with van der Waals surface area (Å²) in [7, 11) is 0. The van der Waals surface area contributed by atoms with Crippen molar-refractivity contribution >= 4 is 19.0 Å². The van der Waals surface area contributed by atoms with Crippen LogP contribution in [0.1, 0.15) is 0 Å². The van der Waals surface area contributed by atoms with Crippen LogP contribution in [0, 0.1) is 0 Å². The van der Waals surface area contributed by atoms with E-state index in [1.54, 1.807) is 0 Å². The summed E-state index contributed by atoms with van der Waals surface area (Å²) in [5.41, 5.74) is 5.19. The molecule has 0 bridgehead atoms. The molecule has 3 heteroatoms. The van der Waals surface area contributed by atoms with Crippen molar-refractivity contribution in [1.29, 1.82) is 0 Å². The van der Waals surface area contributed by atoms with Crippen molar-refractivity contribution in [3.63, 3.8) is 0 Å². The van der Waals surface area contributed by atoms with Crippen LogP contribution in [0.4, 0.5) is 5.82 Å². The van der Waals surface area contributed by atoms with Crippen molar-refractivity contribution in [1.82, 2.24) is 4.98 Å². The van der Waals surface area contributed by atoms with Gasteiger partial charge in [0.05, 0.1) is 0 Å². The number of hydrogen-bond acceptors (Lipinski definition) is 3. The van der Waals surface area contributed by atoms with E-state index < -0.39 is 0 Å². The van der Waals surface area contributed by atoms with E-state index in [2.05, 4.69) is 18.1 Å². The Hall–Kier alpha value is -1.64. The van der Waals surface area contributed by atoms with Crippen LogP contribution < -0.4 is 21.7 Å². The molecule has 0 aliphatic carbocycles. The lowest BCUT2D eigenvalue weighted by atomic mass is 10.4. The summed E-state index contributed by atoms with van der Waals surface area (Å²) in [6.07, 6.45) is 0. The first-order chi connectivity index (χ1) is 5.11. The van der Waals surface area contributed by atoms with Gasteiger partial charge in [-0.05, 0) is 12.1 Å². The van der Waals surface area contributed by atoms with Gasteiger partial charge in [-0.25, -0.2) is 4.98 Å². The molecule has 0 radical (unpaired) electrons. The van der Waals surface area contributed by atoms with Gasteiger partial charge in [-0.15, -0.1) is 0 Å². The number of nitrogens with two attached hydrogens (primary N) is 1. The molecule has 0 fully saturated rings. The van der Waals surface area contributed by atoms with Crippen LogP contribution in [0.2, 0.25) is 0 Å². The first-order valence-corrected chi connectivity index (χ1v) is 3.06. The minimum absolute atomic E-state index is 0.150. The van der Waals surface area contributed by atoms with Crippen molar-refractivity contribution in [2.45, 2.75) is 0 Å². The fraction of sp³-hybridized carbons (Fsp3) is 0. The zero-order valence-electron chi connectivity index (χ0n) is 6.00. The first kappa shape index (κ1) is 7.47. The summed E-state index contributed by atoms with van der Waals surface area (Å²) >= 11 is 0. The van der Waals surface area contributed by atoms with Crippen molar-refractivity contribution in [3.05, 3.63) is 32.9 Å². The van der Waals surface area contributed by atoms with Gasteiger partial charge in [-0.1, -0.05) is 13.2 Å². The maximum absolute atomic E-state index is 10.9. The Balaban J connectivity index is 3.82. The van der Waals surface area contributed by atoms with Gasteiger partial charge in [0, 0.05) is 5.22 Å². The van der Waals surface area contributed by atoms with Crippen LogP contribution in [-0.4, -0.2) is 4.98 Å². The van der Waals surface area contributed by atoms with E-state index in [4.69, 9.17) is 5.73 Å². The maximum atomic E-state index is 10.9. The second kappa shape index (κ2) is 2.54. The number of nitrogens with zero attached hydrogens (tertiary/aromatic N) is 1. The molecule has 0 spiro atoms. The zero-order chi connectivity index (χ0) is 8.43. The number of rotatable bonds is 0. The summed E-state index contributed by atoms with van der Waals surface area (Å²) < 4.78 is 0. The van der Waals surface area contributed by atoms with Gasteiger partial charge in [0.25, 0.3) is 0 Å². The van der Waals surface area contributed by atoms with Crippen LogP contribution in [0.5, 0.6) is 0 Å². The third-order valence-electron chi connectivity index (χ3n) is 1.30. The molecule has 11 heavy (non-hydrogen) atoms. The minimum atomic E-state index is -0.230. The van der Waals surface area contributed by atoms with Gasteiger partial charge >= 0.3 is 0 Å². The Morgan fingerprint density at radius 1 is 1.36 bits per heavy atom. The summed E-state index contributed by atoms with van der Waals surface area (Å²) in [5, 5.41) is 0.689. The van der Waals surface area contributed by atoms with E-state index in [0.29, 0.717) is 5.22 Å². The van der Waals surface area contributed by atoms with E-state index >= 15 is 0 Å². The van der Waals surface area contributed by atoms with Gasteiger partial charge in [-0.3, -0.25) is 4.79 Å². The molecule has 1 rings (SSSR count). The molecule has 0 amide bonds. The summed E-state index contributed by atoms with van der Waals surface area (Å²) in [6, 6.07) is 2.88. The van der Waals surface area contributed by atoms with Crippen molar-refractivity contribution in [3.8, 4) is 0 Å². The Bertz CT molecular complexity index is 425. The van der Waals surface area contributed by atoms with Crippen LogP contribution >= 0.6 is 0 Å². The molecule has 0 aromatic carbocycles. The van der Waals surface area contributed by atoms with Gasteiger partial charge in [-0.2, -0.15) is 0 Å². The highest BCUT2D eigenvalue weighted by Crippen LogP contribution is 1.72. The van der Waals surface area contributed by atoms with Crippen LogP contribution in [0.3, 0.4) is 0 Å². The Labute approximate surface area is 63.5 Å². The van der Waals surface area contributed by atoms with Gasteiger partial charge in [0.2, 0.25) is 5.43 Å². The monoisotopic (exact) mass is 148 g/mol. The molecule has 0 aliphatic rings. The van der Waals surface area contributed by atoms with Gasteiger partial charge < -0.3 is 5.73 Å². The van der Waals surface area contributed by atoms with Crippen LogP contribution in [0.25, 0.3) is 13.2 Å². The molecule has 0 saturated carbocycles. The number of aromatic nitrogens is 1. The third-order valence-corrected chi connectivity index (χ3v) is 1.30. The van der Waals surface area contributed by atoms with Crippen molar-refractivity contribution in [2.24, 2.45) is 0 Å². The van der Waals surface area contributed by atoms with E-state index in [1.165, 1.54) is 12.1 Å². The molecule has 1 aromatic heterocycles. The number of nitrogen functional groups attached to an aromatic ring is 1. The molecule has 56 valence electrons. The zero-order valence-corrected chi connectivity index (χ0v) is 6.00. The second-order valence-corrected chi connectivity index (χ2v) is 2.17. The Morgan fingerprint density at radius 2 is 2.00 bits per heavy atom. The highest BCUT2D eigenvalue weighted by molar-refractivity contribution is 5.31. The molecule has 1 heterocycles. The lowest BCUT2D eigenvalue weighted by Gasteiger charge is -1.80. The molecule has 0 atom stereocenters. The number of anilines is 1. The average Bonchev–Trinajstić information content (AvgIpc) is 2.05. The average molecular weight is 148 g/mol. The fourth-order valence-electron chi connectivity index (χ4n) is 0.630.